The first-order chi connectivity index (χ1) is 7.31. The lowest BCUT2D eigenvalue weighted by Gasteiger charge is -1.93. The summed E-state index contributed by atoms with van der Waals surface area (Å²) in [5.74, 6) is 1.27. The van der Waals surface area contributed by atoms with E-state index in [0.29, 0.717) is 18.1 Å². The van der Waals surface area contributed by atoms with Crippen LogP contribution in [0, 0.1) is 0 Å². The van der Waals surface area contributed by atoms with Gasteiger partial charge in [0.2, 0.25) is 0 Å². The van der Waals surface area contributed by atoms with Crippen molar-refractivity contribution in [2.24, 2.45) is 7.05 Å². The standard InChI is InChI=1S/C9H9N3O3/c1-12-9(10-5-11-12)7-2-8(15-3-7)4-14-6-13/h2-3,5-6H,4H2,1H3. The summed E-state index contributed by atoms with van der Waals surface area (Å²) in [7, 11) is 1.79. The minimum Gasteiger partial charge on any atom is -0.465 e. The highest BCUT2D eigenvalue weighted by Crippen LogP contribution is 2.19. The van der Waals surface area contributed by atoms with Gasteiger partial charge < -0.3 is 9.15 Å². The quantitative estimate of drug-likeness (QED) is 0.692. The van der Waals surface area contributed by atoms with Crippen LogP contribution in [-0.2, 0) is 23.2 Å². The molecule has 2 heterocycles. The largest absolute Gasteiger partial charge is 0.465 e. The second kappa shape index (κ2) is 3.95. The Morgan fingerprint density at radius 2 is 2.53 bits per heavy atom. The second-order valence-corrected chi connectivity index (χ2v) is 2.92. The van der Waals surface area contributed by atoms with Crippen LogP contribution in [-0.4, -0.2) is 21.2 Å². The van der Waals surface area contributed by atoms with E-state index in [1.54, 1.807) is 24.1 Å². The lowest BCUT2D eigenvalue weighted by molar-refractivity contribution is -0.130. The number of hydrogen-bond donors (Lipinski definition) is 0. The fraction of sp³-hybridized carbons (Fsp3) is 0.222. The van der Waals surface area contributed by atoms with Gasteiger partial charge in [-0.05, 0) is 6.07 Å². The molecule has 2 aromatic rings. The molecule has 0 radical (unpaired) electrons. The van der Waals surface area contributed by atoms with Gasteiger partial charge in [-0.3, -0.25) is 4.79 Å². The minimum absolute atomic E-state index is 0.126. The second-order valence-electron chi connectivity index (χ2n) is 2.92. The monoisotopic (exact) mass is 207 g/mol. The zero-order chi connectivity index (χ0) is 10.7. The van der Waals surface area contributed by atoms with Crippen molar-refractivity contribution in [3.63, 3.8) is 0 Å². The fourth-order valence-electron chi connectivity index (χ4n) is 1.25. The van der Waals surface area contributed by atoms with Crippen molar-refractivity contribution in [3.05, 3.63) is 24.4 Å². The molecule has 0 N–H and O–H groups in total. The molecule has 6 nitrogen and oxygen atoms in total. The van der Waals surface area contributed by atoms with Crippen LogP contribution in [0.15, 0.2) is 23.1 Å². The lowest BCUT2D eigenvalue weighted by atomic mass is 10.3. The molecule has 0 atom stereocenters. The van der Waals surface area contributed by atoms with E-state index in [0.717, 1.165) is 5.56 Å². The Morgan fingerprint density at radius 3 is 3.20 bits per heavy atom. The number of aromatic nitrogens is 3. The van der Waals surface area contributed by atoms with Gasteiger partial charge in [-0.25, -0.2) is 9.67 Å². The Balaban J connectivity index is 2.20. The number of carbonyl (C=O) groups is 1. The van der Waals surface area contributed by atoms with Crippen LogP contribution < -0.4 is 0 Å². The zero-order valence-electron chi connectivity index (χ0n) is 8.08. The summed E-state index contributed by atoms with van der Waals surface area (Å²) in [6.45, 7) is 0.506. The summed E-state index contributed by atoms with van der Waals surface area (Å²) in [5, 5.41) is 3.94. The molecule has 0 unspecified atom stereocenters. The van der Waals surface area contributed by atoms with E-state index in [9.17, 15) is 4.79 Å². The first-order valence-corrected chi connectivity index (χ1v) is 4.28. The number of rotatable bonds is 4. The maximum absolute atomic E-state index is 9.98. The molecule has 0 bridgehead atoms. The van der Waals surface area contributed by atoms with Crippen LogP contribution in [0.2, 0.25) is 0 Å². The molecule has 0 aliphatic rings. The number of ether oxygens (including phenoxy) is 1. The van der Waals surface area contributed by atoms with Crippen molar-refractivity contribution in [2.75, 3.05) is 0 Å². The van der Waals surface area contributed by atoms with E-state index in [-0.39, 0.29) is 6.61 Å². The highest BCUT2D eigenvalue weighted by atomic mass is 16.5. The Kier molecular flexibility index (Phi) is 2.49. The Hall–Kier alpha value is -2.11. The SMILES string of the molecule is Cn1ncnc1-c1coc(COC=O)c1. The summed E-state index contributed by atoms with van der Waals surface area (Å²) in [6.07, 6.45) is 3.01. The summed E-state index contributed by atoms with van der Waals surface area (Å²) in [5.41, 5.74) is 0.805. The highest BCUT2D eigenvalue weighted by molar-refractivity contribution is 5.53. The fourth-order valence-corrected chi connectivity index (χ4v) is 1.25. The Labute approximate surface area is 85.5 Å². The maximum Gasteiger partial charge on any atom is 0.293 e. The highest BCUT2D eigenvalue weighted by Gasteiger charge is 2.08. The summed E-state index contributed by atoms with van der Waals surface area (Å²) < 4.78 is 11.4. The van der Waals surface area contributed by atoms with Crippen LogP contribution in [0.5, 0.6) is 0 Å². The number of nitrogens with zero attached hydrogens (tertiary/aromatic N) is 3. The third-order valence-electron chi connectivity index (χ3n) is 1.92. The van der Waals surface area contributed by atoms with Gasteiger partial charge in [-0.2, -0.15) is 5.10 Å². The Bertz CT molecular complexity index is 461. The summed E-state index contributed by atoms with van der Waals surface area (Å²) >= 11 is 0. The Morgan fingerprint density at radius 1 is 1.67 bits per heavy atom. The van der Waals surface area contributed by atoms with Crippen LogP contribution in [0.25, 0.3) is 11.4 Å². The molecule has 0 saturated heterocycles. The van der Waals surface area contributed by atoms with E-state index in [1.165, 1.54) is 6.33 Å². The first-order valence-electron chi connectivity index (χ1n) is 4.28. The zero-order valence-corrected chi connectivity index (χ0v) is 8.08. The molecule has 0 fully saturated rings. The molecule has 78 valence electrons. The van der Waals surface area contributed by atoms with Gasteiger partial charge in [-0.1, -0.05) is 0 Å². The molecule has 2 aromatic heterocycles. The molecule has 6 heteroatoms. The van der Waals surface area contributed by atoms with Gasteiger partial charge in [0, 0.05) is 7.05 Å². The predicted molar refractivity (Wildman–Crippen MR) is 49.6 cm³/mol. The van der Waals surface area contributed by atoms with Crippen molar-refractivity contribution < 1.29 is 13.9 Å². The third kappa shape index (κ3) is 1.88. The average Bonchev–Trinajstić information content (AvgIpc) is 2.83. The summed E-state index contributed by atoms with van der Waals surface area (Å²) in [4.78, 5) is 14.0. The van der Waals surface area contributed by atoms with E-state index >= 15 is 0 Å². The predicted octanol–water partition coefficient (Wildman–Crippen LogP) is 0.748. The van der Waals surface area contributed by atoms with Crippen molar-refractivity contribution in [3.8, 4) is 11.4 Å². The lowest BCUT2D eigenvalue weighted by Crippen LogP contribution is -1.93. The van der Waals surface area contributed by atoms with Crippen molar-refractivity contribution in [1.82, 2.24) is 14.8 Å². The van der Waals surface area contributed by atoms with Crippen LogP contribution in [0.4, 0.5) is 0 Å². The normalized spacial score (nSPS) is 10.2. The number of furan rings is 1. The molecular formula is C9H9N3O3. The first kappa shape index (κ1) is 9.45. The topological polar surface area (TPSA) is 70.2 Å². The van der Waals surface area contributed by atoms with Gasteiger partial charge >= 0.3 is 0 Å². The average molecular weight is 207 g/mol. The molecule has 0 aliphatic carbocycles. The van der Waals surface area contributed by atoms with Gasteiger partial charge in [-0.15, -0.1) is 0 Å². The molecule has 2 rings (SSSR count). The van der Waals surface area contributed by atoms with Crippen molar-refractivity contribution >= 4 is 6.47 Å². The van der Waals surface area contributed by atoms with Crippen molar-refractivity contribution in [1.29, 1.82) is 0 Å². The molecule has 0 aliphatic heterocycles. The minimum atomic E-state index is 0.126. The molecule has 0 aromatic carbocycles. The van der Waals surface area contributed by atoms with E-state index in [4.69, 9.17) is 4.42 Å². The van der Waals surface area contributed by atoms with E-state index in [1.807, 2.05) is 0 Å². The van der Waals surface area contributed by atoms with Gasteiger partial charge in [0.05, 0.1) is 5.56 Å². The van der Waals surface area contributed by atoms with Crippen molar-refractivity contribution in [2.45, 2.75) is 6.61 Å². The molecule has 15 heavy (non-hydrogen) atoms. The van der Waals surface area contributed by atoms with Gasteiger partial charge in [0.1, 0.15) is 25.0 Å². The smallest absolute Gasteiger partial charge is 0.293 e. The maximum atomic E-state index is 9.98. The number of carbonyl (C=O) groups excluding carboxylic acids is 1. The number of hydrogen-bond acceptors (Lipinski definition) is 5. The number of aryl methyl sites for hydroxylation is 1. The van der Waals surface area contributed by atoms with Crippen LogP contribution in [0.1, 0.15) is 5.76 Å². The molecule has 0 amide bonds. The van der Waals surface area contributed by atoms with Gasteiger partial charge in [0.15, 0.2) is 5.82 Å². The molecule has 0 spiro atoms. The molecular weight excluding hydrogens is 198 g/mol. The van der Waals surface area contributed by atoms with Crippen LogP contribution in [0.3, 0.4) is 0 Å². The summed E-state index contributed by atoms with van der Waals surface area (Å²) in [6, 6.07) is 1.76. The van der Waals surface area contributed by atoms with E-state index in [2.05, 4.69) is 14.8 Å². The van der Waals surface area contributed by atoms with Crippen LogP contribution >= 0.6 is 0 Å². The van der Waals surface area contributed by atoms with Gasteiger partial charge in [0.25, 0.3) is 6.47 Å². The van der Waals surface area contributed by atoms with E-state index < -0.39 is 0 Å². The molecule has 0 saturated carbocycles. The third-order valence-corrected chi connectivity index (χ3v) is 1.92.